The highest BCUT2D eigenvalue weighted by molar-refractivity contribution is 6.31. The van der Waals surface area contributed by atoms with Crippen molar-refractivity contribution < 1.29 is 9.53 Å². The lowest BCUT2D eigenvalue weighted by Crippen LogP contribution is -2.36. The van der Waals surface area contributed by atoms with Crippen LogP contribution in [-0.2, 0) is 16.1 Å². The van der Waals surface area contributed by atoms with E-state index in [0.29, 0.717) is 18.3 Å². The number of ether oxygens (including phenoxy) is 1. The van der Waals surface area contributed by atoms with Crippen molar-refractivity contribution in [1.29, 1.82) is 0 Å². The smallest absolute Gasteiger partial charge is 0.306 e. The van der Waals surface area contributed by atoms with Gasteiger partial charge in [0.25, 0.3) is 0 Å². The summed E-state index contributed by atoms with van der Waals surface area (Å²) in [6, 6.07) is 12.3. The Labute approximate surface area is 224 Å². The molecule has 1 aromatic heterocycles. The summed E-state index contributed by atoms with van der Waals surface area (Å²) in [5.41, 5.74) is 11.7. The summed E-state index contributed by atoms with van der Waals surface area (Å²) >= 11 is 6.69. The molecule has 2 unspecified atom stereocenters. The largest absolute Gasteiger partial charge is 0.466 e. The number of nitrogens with zero attached hydrogens (tertiary/aromatic N) is 4. The van der Waals surface area contributed by atoms with Crippen molar-refractivity contribution in [3.63, 3.8) is 0 Å². The van der Waals surface area contributed by atoms with Crippen molar-refractivity contribution in [3.8, 4) is 0 Å². The molecule has 37 heavy (non-hydrogen) atoms. The molecule has 0 amide bonds. The monoisotopic (exact) mass is 524 g/mol. The van der Waals surface area contributed by atoms with Gasteiger partial charge >= 0.3 is 5.97 Å². The van der Waals surface area contributed by atoms with E-state index in [0.717, 1.165) is 65.4 Å². The maximum atomic E-state index is 12.7. The minimum absolute atomic E-state index is 0.206. The van der Waals surface area contributed by atoms with Crippen LogP contribution in [0.1, 0.15) is 60.4 Å². The van der Waals surface area contributed by atoms with Crippen molar-refractivity contribution in [2.75, 3.05) is 37.5 Å². The van der Waals surface area contributed by atoms with E-state index in [1.54, 1.807) is 7.05 Å². The minimum atomic E-state index is -0.250. The van der Waals surface area contributed by atoms with E-state index in [4.69, 9.17) is 27.9 Å². The van der Waals surface area contributed by atoms with E-state index in [9.17, 15) is 4.79 Å². The minimum Gasteiger partial charge on any atom is -0.466 e. The Balaban J connectivity index is 1.64. The standard InChI is InChI=1S/C28H37ClN6O2/c1-4-37-27(36)16-24(23-9-11-26(33(3)31)28(30)19(23)2)20-8-10-25(29)21(15-20)17-34-13-5-7-22(18-34)35-14-6-12-32-35/h6,8-12,14-15,22,24H,4-5,7,13,16-18,30-31H2,1-3H3. The van der Waals surface area contributed by atoms with Crippen LogP contribution in [0.15, 0.2) is 48.8 Å². The average molecular weight is 525 g/mol. The normalized spacial score (nSPS) is 16.9. The molecule has 1 fully saturated rings. The summed E-state index contributed by atoms with van der Waals surface area (Å²) in [7, 11) is 1.75. The van der Waals surface area contributed by atoms with E-state index in [1.165, 1.54) is 5.01 Å². The van der Waals surface area contributed by atoms with Crippen LogP contribution in [0.3, 0.4) is 0 Å². The number of halogens is 1. The second kappa shape index (κ2) is 12.0. The molecule has 1 aliphatic rings. The first-order chi connectivity index (χ1) is 17.8. The highest BCUT2D eigenvalue weighted by atomic mass is 35.5. The van der Waals surface area contributed by atoms with Gasteiger partial charge in [-0.2, -0.15) is 5.10 Å². The third kappa shape index (κ3) is 6.26. The van der Waals surface area contributed by atoms with E-state index in [-0.39, 0.29) is 18.3 Å². The first kappa shape index (κ1) is 27.0. The van der Waals surface area contributed by atoms with Crippen molar-refractivity contribution in [1.82, 2.24) is 14.7 Å². The Bertz CT molecular complexity index is 1210. The number of carbonyl (C=O) groups excluding carboxylic acids is 1. The van der Waals surface area contributed by atoms with Gasteiger partial charge in [0.05, 0.1) is 30.4 Å². The maximum Gasteiger partial charge on any atom is 0.306 e. The number of carbonyl (C=O) groups is 1. The molecule has 4 N–H and O–H groups in total. The van der Waals surface area contributed by atoms with Gasteiger partial charge in [-0.15, -0.1) is 0 Å². The Morgan fingerprint density at radius 1 is 1.32 bits per heavy atom. The van der Waals surface area contributed by atoms with Crippen LogP contribution in [0.4, 0.5) is 11.4 Å². The summed E-state index contributed by atoms with van der Waals surface area (Å²) in [6.45, 7) is 6.77. The number of hydrogen-bond donors (Lipinski definition) is 2. The van der Waals surface area contributed by atoms with Crippen LogP contribution in [0.2, 0.25) is 5.02 Å². The molecular weight excluding hydrogens is 488 g/mol. The van der Waals surface area contributed by atoms with Gasteiger partial charge in [0.1, 0.15) is 0 Å². The molecule has 2 aromatic carbocycles. The Morgan fingerprint density at radius 2 is 2.14 bits per heavy atom. The average Bonchev–Trinajstić information content (AvgIpc) is 3.41. The zero-order chi connectivity index (χ0) is 26.5. The summed E-state index contributed by atoms with van der Waals surface area (Å²) in [4.78, 5) is 15.1. The number of rotatable bonds is 9. The Hall–Kier alpha value is -3.07. The van der Waals surface area contributed by atoms with E-state index in [2.05, 4.69) is 20.7 Å². The second-order valence-electron chi connectivity index (χ2n) is 9.75. The van der Waals surface area contributed by atoms with Gasteiger partial charge in [-0.3, -0.25) is 14.4 Å². The van der Waals surface area contributed by atoms with Crippen LogP contribution in [0.25, 0.3) is 0 Å². The molecule has 8 nitrogen and oxygen atoms in total. The van der Waals surface area contributed by atoms with Gasteiger partial charge in [0.2, 0.25) is 0 Å². The first-order valence-corrected chi connectivity index (χ1v) is 13.2. The molecular formula is C28H37ClN6O2. The number of anilines is 2. The van der Waals surface area contributed by atoms with Crippen molar-refractivity contribution in [2.45, 2.75) is 51.6 Å². The van der Waals surface area contributed by atoms with Gasteiger partial charge in [-0.05, 0) is 73.7 Å². The van der Waals surface area contributed by atoms with Gasteiger partial charge in [0.15, 0.2) is 0 Å². The van der Waals surface area contributed by atoms with Gasteiger partial charge in [0, 0.05) is 43.5 Å². The summed E-state index contributed by atoms with van der Waals surface area (Å²) in [5, 5.41) is 6.66. The van der Waals surface area contributed by atoms with Crippen LogP contribution < -0.4 is 16.6 Å². The van der Waals surface area contributed by atoms with Gasteiger partial charge in [-0.25, -0.2) is 5.84 Å². The summed E-state index contributed by atoms with van der Waals surface area (Å²) < 4.78 is 7.38. The van der Waals surface area contributed by atoms with Crippen molar-refractivity contribution in [3.05, 3.63) is 76.1 Å². The fourth-order valence-corrected chi connectivity index (χ4v) is 5.45. The fraction of sp³-hybridized carbons (Fsp3) is 0.429. The van der Waals surface area contributed by atoms with Crippen LogP contribution in [0.5, 0.6) is 0 Å². The molecule has 0 aliphatic carbocycles. The second-order valence-corrected chi connectivity index (χ2v) is 10.2. The number of benzene rings is 2. The zero-order valence-corrected chi connectivity index (χ0v) is 22.6. The van der Waals surface area contributed by atoms with Crippen LogP contribution in [-0.4, -0.2) is 47.4 Å². The highest BCUT2D eigenvalue weighted by Crippen LogP contribution is 2.38. The number of esters is 1. The Morgan fingerprint density at radius 3 is 2.84 bits per heavy atom. The molecule has 0 spiro atoms. The third-order valence-electron chi connectivity index (χ3n) is 7.21. The number of likely N-dealkylation sites (tertiary alicyclic amines) is 1. The maximum absolute atomic E-state index is 12.7. The van der Waals surface area contributed by atoms with Crippen molar-refractivity contribution >= 4 is 28.9 Å². The van der Waals surface area contributed by atoms with E-state index in [1.807, 2.05) is 56.6 Å². The highest BCUT2D eigenvalue weighted by Gasteiger charge is 2.25. The molecule has 198 valence electrons. The molecule has 1 saturated heterocycles. The SMILES string of the molecule is CCOC(=O)CC(c1ccc(Cl)c(CN2CCCC(n3cccn3)C2)c1)c1ccc(N(C)N)c(N)c1C. The molecule has 4 rings (SSSR count). The molecule has 0 saturated carbocycles. The van der Waals surface area contributed by atoms with E-state index < -0.39 is 0 Å². The molecule has 9 heteroatoms. The predicted molar refractivity (Wildman–Crippen MR) is 149 cm³/mol. The first-order valence-electron chi connectivity index (χ1n) is 12.8. The lowest BCUT2D eigenvalue weighted by molar-refractivity contribution is -0.143. The molecule has 2 heterocycles. The molecule has 1 aliphatic heterocycles. The predicted octanol–water partition coefficient (Wildman–Crippen LogP) is 4.66. The summed E-state index contributed by atoms with van der Waals surface area (Å²) in [5.74, 6) is 5.48. The quantitative estimate of drug-likeness (QED) is 0.181. The van der Waals surface area contributed by atoms with E-state index >= 15 is 0 Å². The molecule has 3 aromatic rings. The molecule has 2 atom stereocenters. The lowest BCUT2D eigenvalue weighted by atomic mass is 9.84. The topological polar surface area (TPSA) is 103 Å². The lowest BCUT2D eigenvalue weighted by Gasteiger charge is -2.33. The van der Waals surface area contributed by atoms with Crippen molar-refractivity contribution in [2.24, 2.45) is 5.84 Å². The fourth-order valence-electron chi connectivity index (χ4n) is 5.27. The van der Waals surface area contributed by atoms with Crippen LogP contribution >= 0.6 is 11.6 Å². The number of aromatic nitrogens is 2. The molecule has 0 radical (unpaired) electrons. The molecule has 0 bridgehead atoms. The van der Waals surface area contributed by atoms with Gasteiger partial charge < -0.3 is 15.5 Å². The Kier molecular flexibility index (Phi) is 8.74. The van der Waals surface area contributed by atoms with Crippen LogP contribution in [0, 0.1) is 6.92 Å². The summed E-state index contributed by atoms with van der Waals surface area (Å²) in [6.07, 6.45) is 6.29. The number of nitrogens with two attached hydrogens (primary N) is 2. The number of hydrazine groups is 1. The number of piperidine rings is 1. The zero-order valence-electron chi connectivity index (χ0n) is 21.9. The van der Waals surface area contributed by atoms with Gasteiger partial charge in [-0.1, -0.05) is 29.8 Å². The number of hydrogen-bond acceptors (Lipinski definition) is 7. The third-order valence-corrected chi connectivity index (χ3v) is 7.58. The number of nitrogen functional groups attached to an aromatic ring is 1.